The zero-order valence-electron chi connectivity index (χ0n) is 23.4. The molecule has 0 aliphatic carbocycles. The van der Waals surface area contributed by atoms with Gasteiger partial charge in [-0.1, -0.05) is 34.1 Å². The van der Waals surface area contributed by atoms with Gasteiger partial charge in [0, 0.05) is 29.8 Å². The fourth-order valence-electron chi connectivity index (χ4n) is 5.54. The van der Waals surface area contributed by atoms with E-state index in [4.69, 9.17) is 4.74 Å². The van der Waals surface area contributed by atoms with Gasteiger partial charge in [0.25, 0.3) is 0 Å². The van der Waals surface area contributed by atoms with Crippen molar-refractivity contribution in [3.05, 3.63) is 21.7 Å². The van der Waals surface area contributed by atoms with E-state index < -0.39 is 52.1 Å². The van der Waals surface area contributed by atoms with Gasteiger partial charge in [-0.2, -0.15) is 4.31 Å². The Bertz CT molecular complexity index is 1160. The summed E-state index contributed by atoms with van der Waals surface area (Å²) in [4.78, 5) is 30.7. The van der Waals surface area contributed by atoms with Gasteiger partial charge >= 0.3 is 5.97 Å². The number of carbonyl (C=O) groups is 2. The number of Topliss-reactive ketones (excluding diaryl/α,β-unsaturated/α-hetero) is 1. The van der Waals surface area contributed by atoms with Crippen LogP contribution in [0.3, 0.4) is 0 Å². The highest BCUT2D eigenvalue weighted by Crippen LogP contribution is 2.41. The van der Waals surface area contributed by atoms with Crippen molar-refractivity contribution in [1.82, 2.24) is 9.29 Å². The first kappa shape index (κ1) is 30.9. The molecule has 2 saturated heterocycles. The van der Waals surface area contributed by atoms with E-state index in [2.05, 4.69) is 4.98 Å². The molecule has 2 aliphatic heterocycles. The summed E-state index contributed by atoms with van der Waals surface area (Å²) in [5, 5.41) is 24.6. The summed E-state index contributed by atoms with van der Waals surface area (Å²) in [6, 6.07) is -0.542. The van der Waals surface area contributed by atoms with Crippen LogP contribution >= 0.6 is 11.3 Å². The molecule has 8 unspecified atom stereocenters. The van der Waals surface area contributed by atoms with Gasteiger partial charge in [0.2, 0.25) is 10.0 Å². The highest BCUT2D eigenvalue weighted by atomic mass is 32.2. The average Bonchev–Trinajstić information content (AvgIpc) is 3.36. The van der Waals surface area contributed by atoms with Gasteiger partial charge in [-0.15, -0.1) is 11.3 Å². The van der Waals surface area contributed by atoms with Gasteiger partial charge in [0.1, 0.15) is 11.9 Å². The minimum absolute atomic E-state index is 0.192. The Kier molecular flexibility index (Phi) is 9.62. The highest BCUT2D eigenvalue weighted by Gasteiger charge is 2.54. The van der Waals surface area contributed by atoms with Gasteiger partial charge in [0.15, 0.2) is 0 Å². The molecule has 9 nitrogen and oxygen atoms in total. The number of esters is 1. The van der Waals surface area contributed by atoms with E-state index in [1.807, 2.05) is 32.2 Å². The molecule has 2 aliphatic rings. The van der Waals surface area contributed by atoms with Crippen LogP contribution in [0.5, 0.6) is 0 Å². The lowest BCUT2D eigenvalue weighted by molar-refractivity contribution is -0.154. The number of hydrogen-bond acceptors (Lipinski definition) is 9. The van der Waals surface area contributed by atoms with Gasteiger partial charge < -0.3 is 14.9 Å². The van der Waals surface area contributed by atoms with Crippen molar-refractivity contribution >= 4 is 39.2 Å². The van der Waals surface area contributed by atoms with Crippen molar-refractivity contribution in [1.29, 1.82) is 0 Å². The molecule has 2 fully saturated rings. The third-order valence-corrected chi connectivity index (χ3v) is 10.2. The van der Waals surface area contributed by atoms with E-state index in [9.17, 15) is 28.2 Å². The predicted molar refractivity (Wildman–Crippen MR) is 147 cm³/mol. The first-order chi connectivity index (χ1) is 17.5. The second-order valence-corrected chi connectivity index (χ2v) is 14.6. The first-order valence-electron chi connectivity index (χ1n) is 13.2. The van der Waals surface area contributed by atoms with E-state index in [0.717, 1.165) is 16.3 Å². The lowest BCUT2D eigenvalue weighted by Gasteiger charge is -2.34. The third-order valence-electron chi connectivity index (χ3n) is 8.14. The van der Waals surface area contributed by atoms with Crippen LogP contribution in [0.15, 0.2) is 11.0 Å². The smallest absolute Gasteiger partial charge is 0.309 e. The number of sulfonamides is 1. The molecular weight excluding hydrogens is 528 g/mol. The fraction of sp³-hybridized carbons (Fsp3) is 0.741. The SMILES string of the molecule is C/C(=C\c1csc(C)n1)C1CC2C(CCCC(C)C(O)C(C)C(=O)C(C)(C)C(O)CC(=O)O1)N2S(C)(=O)=O. The van der Waals surface area contributed by atoms with Gasteiger partial charge in [0.05, 0.1) is 41.0 Å². The monoisotopic (exact) mass is 570 g/mol. The van der Waals surface area contributed by atoms with Crippen LogP contribution in [0.2, 0.25) is 0 Å². The number of ketones is 1. The number of aliphatic hydroxyl groups excluding tert-OH is 2. The molecule has 3 rings (SSSR count). The number of ether oxygens (including phenoxy) is 1. The van der Waals surface area contributed by atoms with Gasteiger partial charge in [-0.25, -0.2) is 13.4 Å². The molecule has 11 heteroatoms. The Labute approximate surface area is 230 Å². The number of nitrogens with zero attached hydrogens (tertiary/aromatic N) is 2. The normalized spacial score (nSPS) is 35.9. The Balaban J connectivity index is 1.94. The third kappa shape index (κ3) is 7.10. The van der Waals surface area contributed by atoms with Crippen LogP contribution in [-0.2, 0) is 24.3 Å². The number of aromatic nitrogens is 1. The summed E-state index contributed by atoms with van der Waals surface area (Å²) in [6.45, 7) is 10.4. The van der Waals surface area contributed by atoms with E-state index >= 15 is 0 Å². The molecule has 0 radical (unpaired) electrons. The number of thiazole rings is 1. The van der Waals surface area contributed by atoms with Crippen LogP contribution in [-0.4, -0.2) is 76.3 Å². The van der Waals surface area contributed by atoms with Crippen molar-refractivity contribution in [2.45, 2.75) is 104 Å². The minimum atomic E-state index is -3.47. The van der Waals surface area contributed by atoms with E-state index in [0.29, 0.717) is 19.3 Å². The standard InChI is InChI=1S/C27H42N2O7S2/c1-15-9-8-10-20-21(29(20)38(7,34)35)12-22(16(2)11-19-14-37-18(4)28-19)36-24(31)13-23(30)27(5,6)26(33)17(3)25(15)32/h11,14-15,17,20-23,25,30,32H,8-10,12-13H2,1-7H3/b16-11+. The number of aryl methyl sites for hydroxylation is 1. The molecular formula is C27H42N2O7S2. The van der Waals surface area contributed by atoms with Crippen LogP contribution in [0.25, 0.3) is 6.08 Å². The number of carbonyl (C=O) groups excluding carboxylic acids is 2. The summed E-state index contributed by atoms with van der Waals surface area (Å²) < 4.78 is 32.4. The van der Waals surface area contributed by atoms with Gasteiger partial charge in [-0.3, -0.25) is 9.59 Å². The number of aliphatic hydroxyl groups is 2. The second-order valence-electron chi connectivity index (χ2n) is 11.6. The summed E-state index contributed by atoms with van der Waals surface area (Å²) in [5.41, 5.74) is 0.177. The summed E-state index contributed by atoms with van der Waals surface area (Å²) in [7, 11) is -3.47. The molecule has 8 atom stereocenters. The lowest BCUT2D eigenvalue weighted by atomic mass is 9.73. The fourth-order valence-corrected chi connectivity index (χ4v) is 7.51. The lowest BCUT2D eigenvalue weighted by Crippen LogP contribution is -2.45. The van der Waals surface area contributed by atoms with Crippen LogP contribution < -0.4 is 0 Å². The number of rotatable bonds is 3. The number of hydrogen-bond donors (Lipinski definition) is 2. The molecule has 1 aromatic rings. The molecule has 0 aromatic carbocycles. The zero-order valence-corrected chi connectivity index (χ0v) is 25.0. The maximum atomic E-state index is 13.3. The van der Waals surface area contributed by atoms with Crippen LogP contribution in [0.4, 0.5) is 0 Å². The van der Waals surface area contributed by atoms with Crippen molar-refractivity contribution in [3.63, 3.8) is 0 Å². The minimum Gasteiger partial charge on any atom is -0.458 e. The predicted octanol–water partition coefficient (Wildman–Crippen LogP) is 3.33. The van der Waals surface area contributed by atoms with Crippen molar-refractivity contribution in [2.24, 2.45) is 17.3 Å². The molecule has 0 amide bonds. The summed E-state index contributed by atoms with van der Waals surface area (Å²) >= 11 is 1.50. The molecule has 214 valence electrons. The molecule has 0 spiro atoms. The Hall–Kier alpha value is -1.66. The van der Waals surface area contributed by atoms with E-state index in [1.165, 1.54) is 21.9 Å². The average molecular weight is 571 g/mol. The van der Waals surface area contributed by atoms with Gasteiger partial charge in [-0.05, 0) is 44.3 Å². The number of cyclic esters (lactones) is 1. The molecule has 2 N–H and O–H groups in total. The Morgan fingerprint density at radius 1 is 1.21 bits per heavy atom. The van der Waals surface area contributed by atoms with E-state index in [1.54, 1.807) is 20.8 Å². The molecule has 0 bridgehead atoms. The summed E-state index contributed by atoms with van der Waals surface area (Å²) in [6.07, 6.45) is 1.85. The molecule has 38 heavy (non-hydrogen) atoms. The van der Waals surface area contributed by atoms with Crippen molar-refractivity contribution < 1.29 is 33.0 Å². The molecule has 1 aromatic heterocycles. The van der Waals surface area contributed by atoms with E-state index in [-0.39, 0.29) is 30.2 Å². The van der Waals surface area contributed by atoms with Crippen LogP contribution in [0.1, 0.15) is 77.4 Å². The molecule has 3 heterocycles. The molecule has 0 saturated carbocycles. The largest absolute Gasteiger partial charge is 0.458 e. The maximum absolute atomic E-state index is 13.3. The maximum Gasteiger partial charge on any atom is 0.309 e. The highest BCUT2D eigenvalue weighted by molar-refractivity contribution is 7.88. The zero-order chi connectivity index (χ0) is 28.6. The first-order valence-corrected chi connectivity index (χ1v) is 16.0. The number of fused-ring (bicyclic) bond motifs is 1. The quantitative estimate of drug-likeness (QED) is 0.418. The van der Waals surface area contributed by atoms with Crippen molar-refractivity contribution in [3.8, 4) is 0 Å². The topological polar surface area (TPSA) is 134 Å². The Morgan fingerprint density at radius 2 is 1.87 bits per heavy atom. The second kappa shape index (κ2) is 11.8. The summed E-state index contributed by atoms with van der Waals surface area (Å²) in [5.74, 6) is -1.92. The Morgan fingerprint density at radius 3 is 2.45 bits per heavy atom. The van der Waals surface area contributed by atoms with Crippen molar-refractivity contribution in [2.75, 3.05) is 6.26 Å². The van der Waals surface area contributed by atoms with Crippen LogP contribution in [0, 0.1) is 24.2 Å².